The van der Waals surface area contributed by atoms with E-state index in [0.29, 0.717) is 0 Å². The first-order chi connectivity index (χ1) is 7.68. The number of benzene rings is 1. The van der Waals surface area contributed by atoms with Crippen LogP contribution in [0.5, 0.6) is 0 Å². The topological polar surface area (TPSA) is 35.2 Å². The Labute approximate surface area is 105 Å². The molecule has 0 radical (unpaired) electrons. The average Bonchev–Trinajstić information content (AvgIpc) is 3.04. The van der Waals surface area contributed by atoms with E-state index >= 15 is 0 Å². The van der Waals surface area contributed by atoms with E-state index in [2.05, 4.69) is 22.0 Å². The molecule has 2 unspecified atom stereocenters. The molecule has 0 saturated heterocycles. The van der Waals surface area contributed by atoms with Crippen molar-refractivity contribution in [2.45, 2.75) is 31.9 Å². The summed E-state index contributed by atoms with van der Waals surface area (Å²) in [5.74, 6) is 0.767. The molecule has 16 heavy (non-hydrogen) atoms. The first-order valence-electron chi connectivity index (χ1n) is 5.80. The van der Waals surface area contributed by atoms with Gasteiger partial charge in [-0.3, -0.25) is 0 Å². The van der Waals surface area contributed by atoms with Gasteiger partial charge in [0.1, 0.15) is 0 Å². The Hall–Kier alpha value is -0.380. The molecule has 1 aromatic rings. The van der Waals surface area contributed by atoms with Crippen LogP contribution < -0.4 is 5.73 Å². The van der Waals surface area contributed by atoms with Crippen LogP contribution in [0, 0.1) is 5.92 Å². The molecule has 2 nitrogen and oxygen atoms in total. The minimum atomic E-state index is -0.00354. The standard InChI is InChI=1S/C13H18BrNO/c1-9(15)13(16-8-10-6-7-10)11-4-2-3-5-12(11)14/h2-5,9-10,13H,6-8,15H2,1H3. The van der Waals surface area contributed by atoms with E-state index in [9.17, 15) is 0 Å². The summed E-state index contributed by atoms with van der Waals surface area (Å²) in [6, 6.07) is 8.15. The van der Waals surface area contributed by atoms with Crippen LogP contribution in [0.3, 0.4) is 0 Å². The van der Waals surface area contributed by atoms with Gasteiger partial charge in [-0.1, -0.05) is 34.1 Å². The smallest absolute Gasteiger partial charge is 0.0983 e. The summed E-state index contributed by atoms with van der Waals surface area (Å²) in [6.07, 6.45) is 2.61. The maximum Gasteiger partial charge on any atom is 0.0983 e. The summed E-state index contributed by atoms with van der Waals surface area (Å²) in [5.41, 5.74) is 7.15. The number of rotatable bonds is 5. The molecule has 3 heteroatoms. The van der Waals surface area contributed by atoms with Crippen molar-refractivity contribution in [2.75, 3.05) is 6.61 Å². The number of hydrogen-bond acceptors (Lipinski definition) is 2. The molecule has 0 heterocycles. The van der Waals surface area contributed by atoms with Gasteiger partial charge in [0.2, 0.25) is 0 Å². The van der Waals surface area contributed by atoms with Crippen LogP contribution in [-0.4, -0.2) is 12.6 Å². The molecule has 0 aromatic heterocycles. The highest BCUT2D eigenvalue weighted by molar-refractivity contribution is 9.10. The van der Waals surface area contributed by atoms with Crippen LogP contribution in [-0.2, 0) is 4.74 Å². The Balaban J connectivity index is 2.08. The zero-order chi connectivity index (χ0) is 11.5. The first kappa shape index (κ1) is 12.1. The molecule has 1 aliphatic rings. The lowest BCUT2D eigenvalue weighted by Gasteiger charge is -2.23. The summed E-state index contributed by atoms with van der Waals surface area (Å²) < 4.78 is 7.02. The third-order valence-corrected chi connectivity index (χ3v) is 3.62. The lowest BCUT2D eigenvalue weighted by molar-refractivity contribution is 0.0310. The van der Waals surface area contributed by atoms with E-state index in [0.717, 1.165) is 22.6 Å². The largest absolute Gasteiger partial charge is 0.372 e. The normalized spacial score (nSPS) is 19.4. The van der Waals surface area contributed by atoms with Crippen LogP contribution in [0.15, 0.2) is 28.7 Å². The van der Waals surface area contributed by atoms with Gasteiger partial charge in [0.05, 0.1) is 12.7 Å². The molecule has 2 N–H and O–H groups in total. The molecule has 0 bridgehead atoms. The number of hydrogen-bond donors (Lipinski definition) is 1. The highest BCUT2D eigenvalue weighted by Gasteiger charge is 2.25. The van der Waals surface area contributed by atoms with Crippen molar-refractivity contribution in [3.05, 3.63) is 34.3 Å². The Morgan fingerprint density at radius 3 is 2.69 bits per heavy atom. The molecule has 1 aliphatic carbocycles. The predicted molar refractivity (Wildman–Crippen MR) is 69.2 cm³/mol. The third-order valence-electron chi connectivity index (χ3n) is 2.90. The van der Waals surface area contributed by atoms with Crippen LogP contribution in [0.1, 0.15) is 31.4 Å². The summed E-state index contributed by atoms with van der Waals surface area (Å²) in [6.45, 7) is 2.84. The maximum atomic E-state index is 6.00. The van der Waals surface area contributed by atoms with Gasteiger partial charge >= 0.3 is 0 Å². The molecule has 1 aromatic carbocycles. The van der Waals surface area contributed by atoms with Crippen molar-refractivity contribution in [1.29, 1.82) is 0 Å². The van der Waals surface area contributed by atoms with Gasteiger partial charge in [0.15, 0.2) is 0 Å². The van der Waals surface area contributed by atoms with E-state index in [1.165, 1.54) is 12.8 Å². The monoisotopic (exact) mass is 283 g/mol. The molecule has 0 spiro atoms. The summed E-state index contributed by atoms with van der Waals surface area (Å²) in [4.78, 5) is 0. The second kappa shape index (κ2) is 5.30. The van der Waals surface area contributed by atoms with E-state index in [-0.39, 0.29) is 12.1 Å². The Bertz CT molecular complexity index is 350. The highest BCUT2D eigenvalue weighted by atomic mass is 79.9. The van der Waals surface area contributed by atoms with Gasteiger partial charge in [-0.25, -0.2) is 0 Å². The van der Waals surface area contributed by atoms with Gasteiger partial charge in [-0.2, -0.15) is 0 Å². The first-order valence-corrected chi connectivity index (χ1v) is 6.59. The lowest BCUT2D eigenvalue weighted by Crippen LogP contribution is -2.27. The SMILES string of the molecule is CC(N)C(OCC1CC1)c1ccccc1Br. The number of ether oxygens (including phenoxy) is 1. The maximum absolute atomic E-state index is 6.00. The lowest BCUT2D eigenvalue weighted by atomic mass is 10.0. The quantitative estimate of drug-likeness (QED) is 0.900. The van der Waals surface area contributed by atoms with Gasteiger partial charge in [-0.15, -0.1) is 0 Å². The van der Waals surface area contributed by atoms with Crippen molar-refractivity contribution in [3.8, 4) is 0 Å². The van der Waals surface area contributed by atoms with Crippen molar-refractivity contribution in [2.24, 2.45) is 11.7 Å². The van der Waals surface area contributed by atoms with Gasteiger partial charge in [0.25, 0.3) is 0 Å². The highest BCUT2D eigenvalue weighted by Crippen LogP contribution is 2.33. The summed E-state index contributed by atoms with van der Waals surface area (Å²) >= 11 is 3.55. The van der Waals surface area contributed by atoms with Crippen molar-refractivity contribution in [3.63, 3.8) is 0 Å². The molecular weight excluding hydrogens is 266 g/mol. The van der Waals surface area contributed by atoms with Crippen LogP contribution >= 0.6 is 15.9 Å². The second-order valence-corrected chi connectivity index (χ2v) is 5.43. The van der Waals surface area contributed by atoms with E-state index in [1.54, 1.807) is 0 Å². The molecule has 0 aliphatic heterocycles. The zero-order valence-corrected chi connectivity index (χ0v) is 11.1. The Morgan fingerprint density at radius 2 is 2.12 bits per heavy atom. The van der Waals surface area contributed by atoms with Gasteiger partial charge in [-0.05, 0) is 37.3 Å². The number of nitrogens with two attached hydrogens (primary N) is 1. The van der Waals surface area contributed by atoms with Gasteiger partial charge < -0.3 is 10.5 Å². The van der Waals surface area contributed by atoms with E-state index < -0.39 is 0 Å². The van der Waals surface area contributed by atoms with Crippen LogP contribution in [0.4, 0.5) is 0 Å². The fourth-order valence-corrected chi connectivity index (χ4v) is 2.27. The molecule has 2 rings (SSSR count). The van der Waals surface area contributed by atoms with Crippen molar-refractivity contribution < 1.29 is 4.74 Å². The molecular formula is C13H18BrNO. The van der Waals surface area contributed by atoms with Crippen LogP contribution in [0.2, 0.25) is 0 Å². The van der Waals surface area contributed by atoms with E-state index in [1.807, 2.05) is 25.1 Å². The molecule has 2 atom stereocenters. The fraction of sp³-hybridized carbons (Fsp3) is 0.538. The minimum Gasteiger partial charge on any atom is -0.372 e. The zero-order valence-electron chi connectivity index (χ0n) is 9.53. The molecule has 1 fully saturated rings. The third kappa shape index (κ3) is 3.06. The molecule has 1 saturated carbocycles. The Morgan fingerprint density at radius 1 is 1.44 bits per heavy atom. The fourth-order valence-electron chi connectivity index (χ4n) is 1.75. The average molecular weight is 284 g/mol. The number of halogens is 1. The summed E-state index contributed by atoms with van der Waals surface area (Å²) in [5, 5.41) is 0. The van der Waals surface area contributed by atoms with Gasteiger partial charge in [0, 0.05) is 10.5 Å². The minimum absolute atomic E-state index is 0.00354. The molecule has 0 amide bonds. The van der Waals surface area contributed by atoms with Crippen molar-refractivity contribution >= 4 is 15.9 Å². The Kier molecular flexibility index (Phi) is 4.00. The summed E-state index contributed by atoms with van der Waals surface area (Å²) in [7, 11) is 0. The van der Waals surface area contributed by atoms with Crippen LogP contribution in [0.25, 0.3) is 0 Å². The van der Waals surface area contributed by atoms with E-state index in [4.69, 9.17) is 10.5 Å². The van der Waals surface area contributed by atoms with Crippen molar-refractivity contribution in [1.82, 2.24) is 0 Å². The molecule has 88 valence electrons. The predicted octanol–water partition coefficient (Wildman–Crippen LogP) is 3.26. The second-order valence-electron chi connectivity index (χ2n) is 4.58.